The Morgan fingerprint density at radius 1 is 1.37 bits per heavy atom. The zero-order valence-electron chi connectivity index (χ0n) is 10.2. The Morgan fingerprint density at radius 2 is 2.21 bits per heavy atom. The number of carboxylic acid groups (broad SMARTS) is 1. The zero-order chi connectivity index (χ0) is 13.4. The molecule has 5 heteroatoms. The molecular weight excluding hydrogens is 246 g/mol. The number of furan rings is 1. The van der Waals surface area contributed by atoms with E-state index >= 15 is 0 Å². The van der Waals surface area contributed by atoms with Gasteiger partial charge in [-0.1, -0.05) is 6.92 Å². The van der Waals surface area contributed by atoms with Crippen LogP contribution in [0.5, 0.6) is 0 Å². The molecule has 0 amide bonds. The lowest BCUT2D eigenvalue weighted by Gasteiger charge is -1.92. The summed E-state index contributed by atoms with van der Waals surface area (Å²) in [5.41, 5.74) is 2.08. The highest BCUT2D eigenvalue weighted by molar-refractivity contribution is 5.92. The minimum atomic E-state index is -0.982. The molecule has 0 bridgehead atoms. The Hall–Kier alpha value is -2.56. The van der Waals surface area contributed by atoms with E-state index in [1.165, 1.54) is 12.1 Å². The second-order valence-corrected chi connectivity index (χ2v) is 4.12. The van der Waals surface area contributed by atoms with E-state index in [1.807, 2.05) is 6.92 Å². The summed E-state index contributed by atoms with van der Waals surface area (Å²) in [6.07, 6.45) is 2.33. The van der Waals surface area contributed by atoms with Crippen molar-refractivity contribution >= 4 is 17.1 Å². The molecule has 0 radical (unpaired) electrons. The van der Waals surface area contributed by atoms with Crippen molar-refractivity contribution in [3.8, 4) is 11.5 Å². The molecule has 0 aliphatic rings. The molecular formula is C14H11NO4. The molecule has 0 atom stereocenters. The van der Waals surface area contributed by atoms with E-state index in [2.05, 4.69) is 4.98 Å². The van der Waals surface area contributed by atoms with Crippen LogP contribution in [0.2, 0.25) is 0 Å². The van der Waals surface area contributed by atoms with Gasteiger partial charge in [-0.05, 0) is 24.3 Å². The van der Waals surface area contributed by atoms with Crippen molar-refractivity contribution in [3.63, 3.8) is 0 Å². The molecule has 0 saturated heterocycles. The maximum Gasteiger partial charge on any atom is 0.335 e. The minimum absolute atomic E-state index is 0.190. The third-order valence-electron chi connectivity index (χ3n) is 2.93. The van der Waals surface area contributed by atoms with Crippen molar-refractivity contribution in [3.05, 3.63) is 41.9 Å². The van der Waals surface area contributed by atoms with Crippen LogP contribution in [0, 0.1) is 0 Å². The number of fused-ring (bicyclic) bond motifs is 1. The Balaban J connectivity index is 2.14. The molecule has 0 unspecified atom stereocenters. The van der Waals surface area contributed by atoms with Gasteiger partial charge in [0.05, 0.1) is 17.4 Å². The van der Waals surface area contributed by atoms with Crippen LogP contribution in [0.3, 0.4) is 0 Å². The summed E-state index contributed by atoms with van der Waals surface area (Å²) in [7, 11) is 0. The number of aromatic carboxylic acids is 1. The van der Waals surface area contributed by atoms with Crippen LogP contribution in [0.4, 0.5) is 0 Å². The number of oxazole rings is 1. The van der Waals surface area contributed by atoms with Gasteiger partial charge in [0.2, 0.25) is 5.89 Å². The third kappa shape index (κ3) is 1.89. The molecule has 2 heterocycles. The van der Waals surface area contributed by atoms with E-state index < -0.39 is 5.97 Å². The summed E-state index contributed by atoms with van der Waals surface area (Å²) >= 11 is 0. The number of nitrogens with zero attached hydrogens (tertiary/aromatic N) is 1. The normalized spacial score (nSPS) is 11.0. The highest BCUT2D eigenvalue weighted by Gasteiger charge is 2.15. The Morgan fingerprint density at radius 3 is 2.95 bits per heavy atom. The number of benzene rings is 1. The predicted octanol–water partition coefficient (Wildman–Crippen LogP) is 3.35. The van der Waals surface area contributed by atoms with Crippen molar-refractivity contribution in [1.82, 2.24) is 4.98 Å². The molecule has 0 saturated carbocycles. The van der Waals surface area contributed by atoms with Crippen LogP contribution < -0.4 is 0 Å². The smallest absolute Gasteiger partial charge is 0.335 e. The van der Waals surface area contributed by atoms with Crippen molar-refractivity contribution < 1.29 is 18.7 Å². The standard InChI is InChI=1S/C14H11NO4/c1-2-11-9(5-6-18-11)13-15-10-7-8(14(16)17)3-4-12(10)19-13/h3-7H,2H2,1H3,(H,16,17). The lowest BCUT2D eigenvalue weighted by Crippen LogP contribution is -1.94. The number of rotatable bonds is 3. The van der Waals surface area contributed by atoms with Gasteiger partial charge in [-0.15, -0.1) is 0 Å². The fourth-order valence-electron chi connectivity index (χ4n) is 1.98. The summed E-state index contributed by atoms with van der Waals surface area (Å²) in [5, 5.41) is 8.94. The predicted molar refractivity (Wildman–Crippen MR) is 68.0 cm³/mol. The minimum Gasteiger partial charge on any atom is -0.478 e. The molecule has 0 aliphatic carbocycles. The zero-order valence-corrected chi connectivity index (χ0v) is 10.2. The molecule has 1 aromatic carbocycles. The lowest BCUT2D eigenvalue weighted by atomic mass is 10.2. The summed E-state index contributed by atoms with van der Waals surface area (Å²) in [6.45, 7) is 1.98. The van der Waals surface area contributed by atoms with E-state index in [4.69, 9.17) is 13.9 Å². The average molecular weight is 257 g/mol. The SMILES string of the molecule is CCc1occc1-c1nc2cc(C(=O)O)ccc2o1. The number of carbonyl (C=O) groups is 1. The third-order valence-corrected chi connectivity index (χ3v) is 2.93. The Bertz CT molecular complexity index is 754. The first-order valence-electron chi connectivity index (χ1n) is 5.89. The Labute approximate surface area is 108 Å². The summed E-state index contributed by atoms with van der Waals surface area (Å²) in [6, 6.07) is 6.40. The first-order valence-corrected chi connectivity index (χ1v) is 5.89. The van der Waals surface area contributed by atoms with Crippen LogP contribution in [0.25, 0.3) is 22.6 Å². The molecule has 2 aromatic heterocycles. The van der Waals surface area contributed by atoms with Gasteiger partial charge in [0, 0.05) is 6.42 Å². The van der Waals surface area contributed by atoms with E-state index in [0.29, 0.717) is 17.0 Å². The topological polar surface area (TPSA) is 76.5 Å². The molecule has 0 aliphatic heterocycles. The summed E-state index contributed by atoms with van der Waals surface area (Å²) < 4.78 is 11.0. The van der Waals surface area contributed by atoms with Crippen molar-refractivity contribution in [2.75, 3.05) is 0 Å². The molecule has 1 N–H and O–H groups in total. The molecule has 19 heavy (non-hydrogen) atoms. The summed E-state index contributed by atoms with van der Waals surface area (Å²) in [4.78, 5) is 15.2. The van der Waals surface area contributed by atoms with Crippen LogP contribution in [-0.4, -0.2) is 16.1 Å². The van der Waals surface area contributed by atoms with Crippen LogP contribution in [-0.2, 0) is 6.42 Å². The molecule has 96 valence electrons. The maximum absolute atomic E-state index is 10.9. The highest BCUT2D eigenvalue weighted by Crippen LogP contribution is 2.28. The summed E-state index contributed by atoms with van der Waals surface area (Å²) in [5.74, 6) is 0.261. The van der Waals surface area contributed by atoms with Crippen LogP contribution in [0.1, 0.15) is 23.0 Å². The van der Waals surface area contributed by atoms with Gasteiger partial charge in [-0.2, -0.15) is 0 Å². The van der Waals surface area contributed by atoms with Crippen molar-refractivity contribution in [2.24, 2.45) is 0 Å². The average Bonchev–Trinajstić information content (AvgIpc) is 3.03. The number of aryl methyl sites for hydroxylation is 1. The maximum atomic E-state index is 10.9. The van der Waals surface area contributed by atoms with Gasteiger partial charge >= 0.3 is 5.97 Å². The van der Waals surface area contributed by atoms with Crippen molar-refractivity contribution in [1.29, 1.82) is 0 Å². The van der Waals surface area contributed by atoms with Gasteiger partial charge in [0.15, 0.2) is 5.58 Å². The second-order valence-electron chi connectivity index (χ2n) is 4.12. The van der Waals surface area contributed by atoms with Crippen molar-refractivity contribution in [2.45, 2.75) is 13.3 Å². The number of carboxylic acids is 1. The van der Waals surface area contributed by atoms with Gasteiger partial charge < -0.3 is 13.9 Å². The van der Waals surface area contributed by atoms with Crippen LogP contribution in [0.15, 0.2) is 39.4 Å². The highest BCUT2D eigenvalue weighted by atomic mass is 16.4. The van der Waals surface area contributed by atoms with E-state index in [-0.39, 0.29) is 5.56 Å². The van der Waals surface area contributed by atoms with Gasteiger partial charge in [-0.25, -0.2) is 9.78 Å². The Kier molecular flexibility index (Phi) is 2.59. The second kappa shape index (κ2) is 4.28. The fraction of sp³-hybridized carbons (Fsp3) is 0.143. The van der Waals surface area contributed by atoms with E-state index in [0.717, 1.165) is 17.7 Å². The fourth-order valence-corrected chi connectivity index (χ4v) is 1.98. The number of aromatic nitrogens is 1. The number of hydrogen-bond acceptors (Lipinski definition) is 4. The quantitative estimate of drug-likeness (QED) is 0.778. The molecule has 3 aromatic rings. The molecule has 0 fully saturated rings. The molecule has 3 rings (SSSR count). The van der Waals surface area contributed by atoms with Gasteiger partial charge in [0.1, 0.15) is 11.3 Å². The van der Waals surface area contributed by atoms with E-state index in [1.54, 1.807) is 18.4 Å². The van der Waals surface area contributed by atoms with E-state index in [9.17, 15) is 4.79 Å². The molecule has 5 nitrogen and oxygen atoms in total. The first-order chi connectivity index (χ1) is 9.19. The van der Waals surface area contributed by atoms with Crippen LogP contribution >= 0.6 is 0 Å². The van der Waals surface area contributed by atoms with Gasteiger partial charge in [0.25, 0.3) is 0 Å². The number of hydrogen-bond donors (Lipinski definition) is 1. The monoisotopic (exact) mass is 257 g/mol. The molecule has 0 spiro atoms. The largest absolute Gasteiger partial charge is 0.478 e. The lowest BCUT2D eigenvalue weighted by molar-refractivity contribution is 0.0697. The first kappa shape index (κ1) is 11.5. The van der Waals surface area contributed by atoms with Gasteiger partial charge in [-0.3, -0.25) is 0 Å².